The second-order valence-electron chi connectivity index (χ2n) is 5.94. The van der Waals surface area contributed by atoms with Crippen molar-refractivity contribution in [3.05, 3.63) is 65.2 Å². The molecular weight excluding hydrogens is 328 g/mol. The van der Waals surface area contributed by atoms with Crippen LogP contribution in [-0.4, -0.2) is 36.9 Å². The first-order valence-electron chi connectivity index (χ1n) is 8.85. The van der Waals surface area contributed by atoms with E-state index in [2.05, 4.69) is 5.32 Å². The minimum absolute atomic E-state index is 0.0294. The molecule has 0 aliphatic rings. The lowest BCUT2D eigenvalue weighted by Crippen LogP contribution is -2.30. The minimum Gasteiger partial charge on any atom is -0.496 e. The van der Waals surface area contributed by atoms with Gasteiger partial charge in [0.1, 0.15) is 5.75 Å². The van der Waals surface area contributed by atoms with Crippen LogP contribution in [0.5, 0.6) is 5.75 Å². The maximum absolute atomic E-state index is 12.3. The summed E-state index contributed by atoms with van der Waals surface area (Å²) < 4.78 is 5.27. The van der Waals surface area contributed by atoms with E-state index in [1.54, 1.807) is 12.0 Å². The van der Waals surface area contributed by atoms with Gasteiger partial charge in [-0.15, -0.1) is 0 Å². The molecule has 0 fully saturated rings. The number of rotatable bonds is 8. The van der Waals surface area contributed by atoms with Crippen LogP contribution in [0.3, 0.4) is 0 Å². The van der Waals surface area contributed by atoms with Crippen molar-refractivity contribution in [1.82, 2.24) is 10.2 Å². The lowest BCUT2D eigenvalue weighted by Gasteiger charge is -2.18. The monoisotopic (exact) mass is 354 g/mol. The van der Waals surface area contributed by atoms with E-state index in [1.165, 1.54) is 0 Å². The Morgan fingerprint density at radius 2 is 1.65 bits per heavy atom. The molecule has 2 amide bonds. The summed E-state index contributed by atoms with van der Waals surface area (Å²) in [5.74, 6) is 0.668. The molecule has 0 saturated carbocycles. The largest absolute Gasteiger partial charge is 0.496 e. The first kappa shape index (κ1) is 19.5. The van der Waals surface area contributed by atoms with Crippen molar-refractivity contribution in [2.24, 2.45) is 0 Å². The van der Waals surface area contributed by atoms with Gasteiger partial charge in [-0.25, -0.2) is 0 Å². The number of carbonyl (C=O) groups excluding carboxylic acids is 2. The summed E-state index contributed by atoms with van der Waals surface area (Å²) in [5, 5.41) is 2.90. The second-order valence-corrected chi connectivity index (χ2v) is 5.94. The molecule has 5 nitrogen and oxygen atoms in total. The van der Waals surface area contributed by atoms with Gasteiger partial charge in [-0.05, 0) is 37.6 Å². The van der Waals surface area contributed by atoms with Gasteiger partial charge in [0.25, 0.3) is 5.91 Å². The third kappa shape index (κ3) is 5.09. The van der Waals surface area contributed by atoms with E-state index in [9.17, 15) is 9.59 Å². The molecule has 5 heteroatoms. The minimum atomic E-state index is -0.0715. The second kappa shape index (κ2) is 9.61. The molecule has 0 aliphatic heterocycles. The molecule has 0 atom stereocenters. The van der Waals surface area contributed by atoms with Gasteiger partial charge >= 0.3 is 0 Å². The molecule has 0 spiro atoms. The fraction of sp³-hybridized carbons (Fsp3) is 0.333. The van der Waals surface area contributed by atoms with Crippen molar-refractivity contribution in [1.29, 1.82) is 0 Å². The van der Waals surface area contributed by atoms with Crippen LogP contribution in [0.4, 0.5) is 0 Å². The predicted octanol–water partition coefficient (Wildman–Crippen LogP) is 3.04. The zero-order chi connectivity index (χ0) is 18.9. The Kier molecular flexibility index (Phi) is 7.21. The number of ether oxygens (including phenoxy) is 1. The number of hydrogen-bond acceptors (Lipinski definition) is 3. The van der Waals surface area contributed by atoms with Crippen molar-refractivity contribution >= 4 is 11.8 Å². The summed E-state index contributed by atoms with van der Waals surface area (Å²) in [5.41, 5.74) is 2.47. The fourth-order valence-electron chi connectivity index (χ4n) is 2.74. The van der Waals surface area contributed by atoms with E-state index in [1.807, 2.05) is 62.4 Å². The first-order chi connectivity index (χ1) is 12.6. The SMILES string of the molecule is CCN(CC)C(=O)c1ccc(CNC(=O)Cc2ccccc2OC)cc1. The predicted molar refractivity (Wildman–Crippen MR) is 102 cm³/mol. The molecule has 0 saturated heterocycles. The molecule has 2 aromatic rings. The molecule has 138 valence electrons. The Morgan fingerprint density at radius 3 is 2.27 bits per heavy atom. The molecule has 26 heavy (non-hydrogen) atoms. The number of nitrogens with one attached hydrogen (secondary N) is 1. The molecule has 0 heterocycles. The molecule has 0 unspecified atom stereocenters. The number of carbonyl (C=O) groups is 2. The van der Waals surface area contributed by atoms with Gasteiger partial charge in [0.2, 0.25) is 5.91 Å². The van der Waals surface area contributed by atoms with E-state index in [0.717, 1.165) is 11.1 Å². The van der Waals surface area contributed by atoms with E-state index in [4.69, 9.17) is 4.74 Å². The number of para-hydroxylation sites is 1. The van der Waals surface area contributed by atoms with Crippen molar-refractivity contribution < 1.29 is 14.3 Å². The maximum atomic E-state index is 12.3. The van der Waals surface area contributed by atoms with Gasteiger partial charge in [0.05, 0.1) is 13.5 Å². The van der Waals surface area contributed by atoms with Gasteiger partial charge in [-0.1, -0.05) is 30.3 Å². The average molecular weight is 354 g/mol. The van der Waals surface area contributed by atoms with Crippen molar-refractivity contribution in [3.63, 3.8) is 0 Å². The van der Waals surface area contributed by atoms with Crippen LogP contribution in [0.2, 0.25) is 0 Å². The Morgan fingerprint density at radius 1 is 1.00 bits per heavy atom. The molecule has 2 rings (SSSR count). The van der Waals surface area contributed by atoms with Gasteiger partial charge in [-0.3, -0.25) is 9.59 Å². The number of nitrogens with zero attached hydrogens (tertiary/aromatic N) is 1. The standard InChI is InChI=1S/C21H26N2O3/c1-4-23(5-2)21(25)17-12-10-16(11-13-17)15-22-20(24)14-18-8-6-7-9-19(18)26-3/h6-13H,4-5,14-15H2,1-3H3,(H,22,24). The average Bonchev–Trinajstić information content (AvgIpc) is 2.68. The summed E-state index contributed by atoms with van der Waals surface area (Å²) in [6.07, 6.45) is 0.266. The molecule has 0 aromatic heterocycles. The van der Waals surface area contributed by atoms with Crippen molar-refractivity contribution in [2.45, 2.75) is 26.8 Å². The van der Waals surface area contributed by atoms with E-state index in [-0.39, 0.29) is 18.2 Å². The van der Waals surface area contributed by atoms with Crippen LogP contribution in [0.1, 0.15) is 35.3 Å². The zero-order valence-corrected chi connectivity index (χ0v) is 15.6. The molecule has 2 aromatic carbocycles. The maximum Gasteiger partial charge on any atom is 0.253 e. The van der Waals surface area contributed by atoms with Crippen LogP contribution in [0, 0.1) is 0 Å². The summed E-state index contributed by atoms with van der Waals surface area (Å²) >= 11 is 0. The van der Waals surface area contributed by atoms with E-state index in [0.29, 0.717) is 30.9 Å². The van der Waals surface area contributed by atoms with Crippen molar-refractivity contribution in [3.8, 4) is 5.75 Å². The van der Waals surface area contributed by atoms with E-state index >= 15 is 0 Å². The van der Waals surface area contributed by atoms with Crippen molar-refractivity contribution in [2.75, 3.05) is 20.2 Å². The van der Waals surface area contributed by atoms with Crippen LogP contribution in [0.15, 0.2) is 48.5 Å². The number of methoxy groups -OCH3 is 1. The van der Waals surface area contributed by atoms with Gasteiger partial charge in [0, 0.05) is 30.8 Å². The third-order valence-electron chi connectivity index (χ3n) is 4.28. The lowest BCUT2D eigenvalue weighted by atomic mass is 10.1. The highest BCUT2D eigenvalue weighted by Crippen LogP contribution is 2.17. The highest BCUT2D eigenvalue weighted by atomic mass is 16.5. The number of benzene rings is 2. The quantitative estimate of drug-likeness (QED) is 0.793. The Balaban J connectivity index is 1.91. The van der Waals surface area contributed by atoms with Crippen LogP contribution >= 0.6 is 0 Å². The van der Waals surface area contributed by atoms with Crippen LogP contribution in [-0.2, 0) is 17.8 Å². The Hall–Kier alpha value is -2.82. The Bertz CT molecular complexity index is 737. The number of amides is 2. The van der Waals surface area contributed by atoms with E-state index < -0.39 is 0 Å². The van der Waals surface area contributed by atoms with Gasteiger partial charge in [-0.2, -0.15) is 0 Å². The third-order valence-corrected chi connectivity index (χ3v) is 4.28. The fourth-order valence-corrected chi connectivity index (χ4v) is 2.74. The van der Waals surface area contributed by atoms with Gasteiger partial charge < -0.3 is 15.0 Å². The smallest absolute Gasteiger partial charge is 0.253 e. The van der Waals surface area contributed by atoms with Crippen LogP contribution < -0.4 is 10.1 Å². The summed E-state index contributed by atoms with van der Waals surface area (Å²) in [7, 11) is 1.60. The summed E-state index contributed by atoms with van der Waals surface area (Å²) in [6, 6.07) is 14.9. The van der Waals surface area contributed by atoms with Crippen LogP contribution in [0.25, 0.3) is 0 Å². The normalized spacial score (nSPS) is 10.3. The molecule has 0 bridgehead atoms. The topological polar surface area (TPSA) is 58.6 Å². The summed E-state index contributed by atoms with van der Waals surface area (Å²) in [4.78, 5) is 26.2. The molecule has 1 N–H and O–H groups in total. The highest BCUT2D eigenvalue weighted by molar-refractivity contribution is 5.94. The molecular formula is C21H26N2O3. The molecule has 0 aliphatic carbocycles. The number of hydrogen-bond donors (Lipinski definition) is 1. The molecule has 0 radical (unpaired) electrons. The lowest BCUT2D eigenvalue weighted by molar-refractivity contribution is -0.120. The highest BCUT2D eigenvalue weighted by Gasteiger charge is 2.12. The zero-order valence-electron chi connectivity index (χ0n) is 15.6. The van der Waals surface area contributed by atoms with Gasteiger partial charge in [0.15, 0.2) is 0 Å². The first-order valence-corrected chi connectivity index (χ1v) is 8.85. The summed E-state index contributed by atoms with van der Waals surface area (Å²) in [6.45, 7) is 5.74. The Labute approximate surface area is 155 Å².